The van der Waals surface area contributed by atoms with Gasteiger partial charge in [0.2, 0.25) is 0 Å². The topological polar surface area (TPSA) is 68.5 Å². The number of rotatable bonds is 5. The van der Waals surface area contributed by atoms with E-state index in [4.69, 9.17) is 0 Å². The minimum absolute atomic E-state index is 0.122. The number of ether oxygens (including phenoxy) is 1. The molecule has 0 aliphatic heterocycles. The first-order chi connectivity index (χ1) is 14.4. The van der Waals surface area contributed by atoms with Crippen LogP contribution < -0.4 is 10.1 Å². The average molecular weight is 412 g/mol. The van der Waals surface area contributed by atoms with E-state index in [-0.39, 0.29) is 17.0 Å². The number of halogens is 3. The number of pyridine rings is 2. The Balaban J connectivity index is 1.59. The van der Waals surface area contributed by atoms with Gasteiger partial charge in [-0.1, -0.05) is 6.07 Å². The number of amides is 1. The molecule has 3 aromatic heterocycles. The van der Waals surface area contributed by atoms with Crippen molar-refractivity contribution in [2.45, 2.75) is 13.5 Å². The van der Waals surface area contributed by atoms with Gasteiger partial charge in [0, 0.05) is 17.4 Å². The summed E-state index contributed by atoms with van der Waals surface area (Å²) in [5.41, 5.74) is 2.30. The van der Waals surface area contributed by atoms with Gasteiger partial charge in [-0.15, -0.1) is 0 Å². The molecule has 4 rings (SSSR count). The molecule has 0 saturated carbocycles. The minimum Gasteiger partial charge on any atom is -0.433 e. The summed E-state index contributed by atoms with van der Waals surface area (Å²) in [4.78, 5) is 16.6. The van der Waals surface area contributed by atoms with Gasteiger partial charge in [0.15, 0.2) is 0 Å². The fourth-order valence-corrected chi connectivity index (χ4v) is 3.02. The first kappa shape index (κ1) is 19.4. The monoisotopic (exact) mass is 412 g/mol. The summed E-state index contributed by atoms with van der Waals surface area (Å²) < 4.78 is 45.0. The molecular formula is C21H15F3N4O2. The summed E-state index contributed by atoms with van der Waals surface area (Å²) >= 11 is 0. The van der Waals surface area contributed by atoms with E-state index in [1.807, 2.05) is 0 Å². The second-order valence-electron chi connectivity index (χ2n) is 6.45. The Labute approximate surface area is 168 Å². The van der Waals surface area contributed by atoms with Crippen molar-refractivity contribution in [1.29, 1.82) is 0 Å². The van der Waals surface area contributed by atoms with Crippen LogP contribution in [0.25, 0.3) is 16.8 Å². The van der Waals surface area contributed by atoms with Crippen molar-refractivity contribution in [1.82, 2.24) is 14.6 Å². The van der Waals surface area contributed by atoms with Gasteiger partial charge < -0.3 is 10.1 Å². The maximum absolute atomic E-state index is 14.7. The van der Waals surface area contributed by atoms with Gasteiger partial charge in [-0.2, -0.15) is 13.9 Å². The van der Waals surface area contributed by atoms with E-state index >= 15 is 0 Å². The molecule has 0 fully saturated rings. The summed E-state index contributed by atoms with van der Waals surface area (Å²) in [5, 5.41) is 6.82. The van der Waals surface area contributed by atoms with Gasteiger partial charge in [-0.05, 0) is 48.9 Å². The quantitative estimate of drug-likeness (QED) is 0.516. The van der Waals surface area contributed by atoms with Gasteiger partial charge in [0.25, 0.3) is 5.91 Å². The molecule has 0 aliphatic carbocycles. The summed E-state index contributed by atoms with van der Waals surface area (Å²) in [5.74, 6) is -1.16. The lowest BCUT2D eigenvalue weighted by atomic mass is 10.1. The number of hydrogen-bond donors (Lipinski definition) is 1. The molecule has 3 heterocycles. The number of aromatic nitrogens is 3. The first-order valence-corrected chi connectivity index (χ1v) is 8.87. The molecule has 0 atom stereocenters. The van der Waals surface area contributed by atoms with Crippen LogP contribution in [0.15, 0.2) is 61.1 Å². The van der Waals surface area contributed by atoms with Crippen molar-refractivity contribution in [2.24, 2.45) is 0 Å². The predicted octanol–water partition coefficient (Wildman–Crippen LogP) is 4.70. The van der Waals surface area contributed by atoms with Gasteiger partial charge >= 0.3 is 6.61 Å². The maximum atomic E-state index is 14.7. The molecule has 0 bridgehead atoms. The summed E-state index contributed by atoms with van der Waals surface area (Å²) in [6, 6.07) is 10.7. The summed E-state index contributed by atoms with van der Waals surface area (Å²) in [6.07, 6.45) is 4.26. The third-order valence-corrected chi connectivity index (χ3v) is 4.47. The Morgan fingerprint density at radius 3 is 2.73 bits per heavy atom. The van der Waals surface area contributed by atoms with Crippen LogP contribution in [0.1, 0.15) is 15.9 Å². The molecule has 1 N–H and O–H groups in total. The Morgan fingerprint density at radius 1 is 1.17 bits per heavy atom. The molecule has 4 aromatic rings. The number of aryl methyl sites for hydroxylation is 1. The highest BCUT2D eigenvalue weighted by Crippen LogP contribution is 2.29. The van der Waals surface area contributed by atoms with Crippen LogP contribution in [0.4, 0.5) is 18.9 Å². The third kappa shape index (κ3) is 3.82. The fraction of sp³-hybridized carbons (Fsp3) is 0.0952. The van der Waals surface area contributed by atoms with E-state index in [1.165, 1.54) is 30.5 Å². The van der Waals surface area contributed by atoms with Crippen LogP contribution in [0.5, 0.6) is 5.75 Å². The highest BCUT2D eigenvalue weighted by atomic mass is 19.3. The Bertz CT molecular complexity index is 1220. The molecule has 0 radical (unpaired) electrons. The van der Waals surface area contributed by atoms with E-state index in [1.54, 1.807) is 35.8 Å². The van der Waals surface area contributed by atoms with Gasteiger partial charge in [-0.25, -0.2) is 8.91 Å². The van der Waals surface area contributed by atoms with Crippen LogP contribution in [-0.4, -0.2) is 27.1 Å². The number of nitrogens with zero attached hydrogens (tertiary/aromatic N) is 3. The number of hydrogen-bond acceptors (Lipinski definition) is 4. The second-order valence-corrected chi connectivity index (χ2v) is 6.45. The number of nitrogens with one attached hydrogen (secondary N) is 1. The summed E-state index contributed by atoms with van der Waals surface area (Å²) in [7, 11) is 0. The van der Waals surface area contributed by atoms with Crippen LogP contribution in [0, 0.1) is 12.7 Å². The number of carbonyl (C=O) groups excluding carboxylic acids is 1. The van der Waals surface area contributed by atoms with Gasteiger partial charge in [0.1, 0.15) is 11.6 Å². The van der Waals surface area contributed by atoms with Gasteiger partial charge in [-0.3, -0.25) is 9.78 Å². The number of alkyl halides is 2. The molecule has 0 spiro atoms. The smallest absolute Gasteiger partial charge is 0.387 e. The van der Waals surface area contributed by atoms with Crippen LogP contribution in [-0.2, 0) is 0 Å². The van der Waals surface area contributed by atoms with Crippen molar-refractivity contribution in [3.63, 3.8) is 0 Å². The van der Waals surface area contributed by atoms with Crippen LogP contribution >= 0.6 is 0 Å². The lowest BCUT2D eigenvalue weighted by molar-refractivity contribution is -0.0500. The molecule has 6 nitrogen and oxygen atoms in total. The largest absolute Gasteiger partial charge is 0.433 e. The van der Waals surface area contributed by atoms with Crippen molar-refractivity contribution in [2.75, 3.05) is 5.32 Å². The molecule has 0 saturated heterocycles. The molecule has 152 valence electrons. The molecule has 1 aromatic carbocycles. The van der Waals surface area contributed by atoms with E-state index in [0.29, 0.717) is 22.3 Å². The molecule has 0 aliphatic rings. The molecule has 0 unspecified atom stereocenters. The SMILES string of the molecule is Cc1cc(-c2ccc(OC(F)F)cn2)c(F)cc1NC(=O)c1cnn2ccccc12. The number of benzene rings is 1. The Kier molecular flexibility index (Phi) is 5.09. The highest BCUT2D eigenvalue weighted by Gasteiger charge is 2.16. The van der Waals surface area contributed by atoms with E-state index in [9.17, 15) is 18.0 Å². The van der Waals surface area contributed by atoms with E-state index in [2.05, 4.69) is 20.1 Å². The number of fused-ring (bicyclic) bond motifs is 1. The number of carbonyl (C=O) groups is 1. The van der Waals surface area contributed by atoms with E-state index in [0.717, 1.165) is 6.20 Å². The molecular weight excluding hydrogens is 397 g/mol. The highest BCUT2D eigenvalue weighted by molar-refractivity contribution is 6.09. The van der Waals surface area contributed by atoms with Gasteiger partial charge in [0.05, 0.1) is 29.2 Å². The van der Waals surface area contributed by atoms with Crippen molar-refractivity contribution < 1.29 is 22.7 Å². The minimum atomic E-state index is -2.97. The molecule has 30 heavy (non-hydrogen) atoms. The van der Waals surface area contributed by atoms with Crippen LogP contribution in [0.2, 0.25) is 0 Å². The molecule has 9 heteroatoms. The zero-order chi connectivity index (χ0) is 21.3. The lowest BCUT2D eigenvalue weighted by Gasteiger charge is -2.12. The van der Waals surface area contributed by atoms with Crippen molar-refractivity contribution in [3.05, 3.63) is 78.0 Å². The summed E-state index contributed by atoms with van der Waals surface area (Å²) in [6.45, 7) is -1.25. The first-order valence-electron chi connectivity index (χ1n) is 8.87. The zero-order valence-corrected chi connectivity index (χ0v) is 15.6. The fourth-order valence-electron chi connectivity index (χ4n) is 3.02. The molecule has 1 amide bonds. The zero-order valence-electron chi connectivity index (χ0n) is 15.6. The van der Waals surface area contributed by atoms with Crippen LogP contribution in [0.3, 0.4) is 0 Å². The Morgan fingerprint density at radius 2 is 2.00 bits per heavy atom. The normalized spacial score (nSPS) is 11.1. The van der Waals surface area contributed by atoms with Crippen molar-refractivity contribution in [3.8, 4) is 17.0 Å². The Hall–Kier alpha value is -3.88. The number of anilines is 1. The van der Waals surface area contributed by atoms with E-state index < -0.39 is 18.3 Å². The van der Waals surface area contributed by atoms with Crippen molar-refractivity contribution >= 4 is 17.1 Å². The maximum Gasteiger partial charge on any atom is 0.387 e. The average Bonchev–Trinajstić information content (AvgIpc) is 3.15. The lowest BCUT2D eigenvalue weighted by Crippen LogP contribution is -2.13. The second kappa shape index (κ2) is 7.86. The third-order valence-electron chi connectivity index (χ3n) is 4.47. The standard InChI is InChI=1S/C21H15F3N4O2/c1-12-8-14(17-6-5-13(10-25-17)30-21(23)24)16(22)9-18(12)27-20(29)15-11-26-28-7-3-2-4-19(15)28/h2-11,21H,1H3,(H,27,29). The predicted molar refractivity (Wildman–Crippen MR) is 104 cm³/mol.